The van der Waals surface area contributed by atoms with Crippen molar-refractivity contribution in [2.24, 2.45) is 5.41 Å². The molecule has 0 unspecified atom stereocenters. The average Bonchev–Trinajstić information content (AvgIpc) is 2.96. The Kier molecular flexibility index (Phi) is 5.95. The van der Waals surface area contributed by atoms with E-state index in [1.807, 2.05) is 56.0 Å². The maximum atomic E-state index is 12.9. The molecule has 1 N–H and O–H groups in total. The molecule has 0 radical (unpaired) electrons. The first kappa shape index (κ1) is 21.6. The van der Waals surface area contributed by atoms with Crippen LogP contribution in [0.2, 0.25) is 10.0 Å². The number of hydrogen-bond donors (Lipinski definition) is 1. The molecule has 2 amide bonds. The number of amides is 2. The van der Waals surface area contributed by atoms with Gasteiger partial charge in [0.2, 0.25) is 5.91 Å². The van der Waals surface area contributed by atoms with Crippen molar-refractivity contribution in [3.63, 3.8) is 0 Å². The summed E-state index contributed by atoms with van der Waals surface area (Å²) in [7, 11) is 0. The number of hydrogen-bond acceptors (Lipinski definition) is 3. The Labute approximate surface area is 180 Å². The Morgan fingerprint density at radius 3 is 2.31 bits per heavy atom. The highest BCUT2D eigenvalue weighted by Gasteiger charge is 2.61. The molecule has 1 saturated heterocycles. The third kappa shape index (κ3) is 3.75. The van der Waals surface area contributed by atoms with E-state index in [2.05, 4.69) is 0 Å². The molecule has 0 bridgehead atoms. The number of carbonyl (C=O) groups is 2. The zero-order valence-corrected chi connectivity index (χ0v) is 18.2. The number of carboxylic acid groups (broad SMARTS) is 1. The van der Waals surface area contributed by atoms with Crippen molar-refractivity contribution < 1.29 is 14.7 Å². The maximum Gasteiger partial charge on any atom is 0.415 e. The van der Waals surface area contributed by atoms with Crippen molar-refractivity contribution in [3.8, 4) is 0 Å². The van der Waals surface area contributed by atoms with Gasteiger partial charge < -0.3 is 5.11 Å². The van der Waals surface area contributed by atoms with Crippen LogP contribution in [-0.4, -0.2) is 40.0 Å². The second kappa shape index (κ2) is 7.98. The van der Waals surface area contributed by atoms with E-state index in [0.717, 1.165) is 10.5 Å². The van der Waals surface area contributed by atoms with Gasteiger partial charge in [0, 0.05) is 12.0 Å². The van der Waals surface area contributed by atoms with Gasteiger partial charge in [0.1, 0.15) is 5.66 Å². The van der Waals surface area contributed by atoms with Crippen LogP contribution in [0.4, 0.5) is 4.79 Å². The Hall–Kier alpha value is -2.08. The van der Waals surface area contributed by atoms with Gasteiger partial charge in [-0.1, -0.05) is 80.4 Å². The second-order valence-electron chi connectivity index (χ2n) is 8.22. The predicted molar refractivity (Wildman–Crippen MR) is 114 cm³/mol. The summed E-state index contributed by atoms with van der Waals surface area (Å²) in [5.74, 6) is -0.452. The third-order valence-electron chi connectivity index (χ3n) is 5.43. The molecule has 0 saturated carbocycles. The summed E-state index contributed by atoms with van der Waals surface area (Å²) < 4.78 is 0. The number of benzene rings is 2. The molecular formula is C22H24Cl2N2O3. The van der Waals surface area contributed by atoms with Crippen molar-refractivity contribution >= 4 is 35.2 Å². The monoisotopic (exact) mass is 434 g/mol. The molecule has 154 valence electrons. The molecular weight excluding hydrogens is 411 g/mol. The van der Waals surface area contributed by atoms with Crippen LogP contribution in [0.15, 0.2) is 48.5 Å². The minimum absolute atomic E-state index is 0.0106. The summed E-state index contributed by atoms with van der Waals surface area (Å²) >= 11 is 12.4. The van der Waals surface area contributed by atoms with Crippen molar-refractivity contribution in [1.29, 1.82) is 0 Å². The van der Waals surface area contributed by atoms with Gasteiger partial charge >= 0.3 is 6.09 Å². The number of imide groups is 1. The van der Waals surface area contributed by atoms with Crippen LogP contribution in [-0.2, 0) is 16.9 Å². The number of halogens is 2. The molecule has 0 aromatic heterocycles. The fourth-order valence-electron chi connectivity index (χ4n) is 4.33. The van der Waals surface area contributed by atoms with E-state index >= 15 is 0 Å². The van der Waals surface area contributed by atoms with Gasteiger partial charge in [0.25, 0.3) is 0 Å². The molecule has 5 nitrogen and oxygen atoms in total. The van der Waals surface area contributed by atoms with Crippen molar-refractivity contribution in [3.05, 3.63) is 69.7 Å². The van der Waals surface area contributed by atoms with Gasteiger partial charge in [-0.05, 0) is 29.7 Å². The van der Waals surface area contributed by atoms with Gasteiger partial charge in [-0.2, -0.15) is 0 Å². The van der Waals surface area contributed by atoms with E-state index < -0.39 is 23.1 Å². The number of nitrogens with zero attached hydrogens (tertiary/aromatic N) is 2. The van der Waals surface area contributed by atoms with E-state index in [9.17, 15) is 14.7 Å². The summed E-state index contributed by atoms with van der Waals surface area (Å²) in [6.07, 6.45) is -0.598. The number of rotatable bonds is 4. The topological polar surface area (TPSA) is 60.9 Å². The second-order valence-corrected chi connectivity index (χ2v) is 9.03. The molecule has 3 rings (SSSR count). The minimum atomic E-state index is -1.28. The molecule has 1 fully saturated rings. The summed E-state index contributed by atoms with van der Waals surface area (Å²) in [6, 6.07) is 15.0. The van der Waals surface area contributed by atoms with Gasteiger partial charge in [0.05, 0.1) is 16.6 Å². The van der Waals surface area contributed by atoms with E-state index in [1.54, 1.807) is 18.2 Å². The molecule has 2 aromatic carbocycles. The molecule has 1 atom stereocenters. The molecule has 1 aliphatic heterocycles. The molecule has 0 aliphatic carbocycles. The summed E-state index contributed by atoms with van der Waals surface area (Å²) in [6.45, 7) is 6.31. The Morgan fingerprint density at radius 1 is 1.10 bits per heavy atom. The zero-order chi connectivity index (χ0) is 21.4. The van der Waals surface area contributed by atoms with Crippen LogP contribution < -0.4 is 0 Å². The van der Waals surface area contributed by atoms with Gasteiger partial charge in [-0.15, -0.1) is 0 Å². The van der Waals surface area contributed by atoms with Crippen LogP contribution in [0.5, 0.6) is 0 Å². The SMILES string of the molecule is CC(C)(C)[C@]1(c2ccc(Cl)c(Cl)c2)N(CCc2ccccc2)CC(=O)N1C(=O)O. The Balaban J connectivity index is 2.15. The summed E-state index contributed by atoms with van der Waals surface area (Å²) in [5, 5.41) is 10.7. The molecule has 0 spiro atoms. The lowest BCUT2D eigenvalue weighted by Crippen LogP contribution is -2.61. The Bertz CT molecular complexity index is 927. The minimum Gasteiger partial charge on any atom is -0.465 e. The molecule has 29 heavy (non-hydrogen) atoms. The van der Waals surface area contributed by atoms with Crippen LogP contribution in [0.1, 0.15) is 31.9 Å². The van der Waals surface area contributed by atoms with E-state index in [-0.39, 0.29) is 6.54 Å². The molecule has 7 heteroatoms. The predicted octanol–water partition coefficient (Wildman–Crippen LogP) is 5.26. The summed E-state index contributed by atoms with van der Waals surface area (Å²) in [5.41, 5.74) is -0.101. The lowest BCUT2D eigenvalue weighted by molar-refractivity contribution is -0.134. The largest absolute Gasteiger partial charge is 0.465 e. The molecule has 1 heterocycles. The first-order chi connectivity index (χ1) is 13.6. The standard InChI is InChI=1S/C22H24Cl2N2O3/c1-21(2,3)22(16-9-10-17(23)18(24)13-16)25(14-19(27)26(22)20(28)29)12-11-15-7-5-4-6-8-15/h4-10,13H,11-12,14H2,1-3H3,(H,28,29)/t22-/m1/s1. The first-order valence-electron chi connectivity index (χ1n) is 9.39. The van der Waals surface area contributed by atoms with Crippen LogP contribution in [0.25, 0.3) is 0 Å². The fourth-order valence-corrected chi connectivity index (χ4v) is 4.63. The molecule has 1 aliphatic rings. The third-order valence-corrected chi connectivity index (χ3v) is 6.17. The quantitative estimate of drug-likeness (QED) is 0.712. The lowest BCUT2D eigenvalue weighted by atomic mass is 9.74. The molecule has 2 aromatic rings. The van der Waals surface area contributed by atoms with Crippen molar-refractivity contribution in [2.75, 3.05) is 13.1 Å². The number of carbonyl (C=O) groups excluding carboxylic acids is 1. The van der Waals surface area contributed by atoms with Gasteiger partial charge in [-0.25, -0.2) is 9.69 Å². The van der Waals surface area contributed by atoms with E-state index in [1.165, 1.54) is 0 Å². The van der Waals surface area contributed by atoms with E-state index in [4.69, 9.17) is 23.2 Å². The average molecular weight is 435 g/mol. The van der Waals surface area contributed by atoms with Gasteiger partial charge in [-0.3, -0.25) is 9.69 Å². The first-order valence-corrected chi connectivity index (χ1v) is 10.1. The van der Waals surface area contributed by atoms with Crippen LogP contribution in [0, 0.1) is 5.41 Å². The Morgan fingerprint density at radius 2 is 1.76 bits per heavy atom. The van der Waals surface area contributed by atoms with Crippen LogP contribution >= 0.6 is 23.2 Å². The highest BCUT2D eigenvalue weighted by Crippen LogP contribution is 2.51. The van der Waals surface area contributed by atoms with Crippen LogP contribution in [0.3, 0.4) is 0 Å². The summed E-state index contributed by atoms with van der Waals surface area (Å²) in [4.78, 5) is 28.0. The zero-order valence-electron chi connectivity index (χ0n) is 16.7. The van der Waals surface area contributed by atoms with E-state index in [0.29, 0.717) is 28.6 Å². The van der Waals surface area contributed by atoms with Gasteiger partial charge in [0.15, 0.2) is 0 Å². The fraction of sp³-hybridized carbons (Fsp3) is 0.364. The maximum absolute atomic E-state index is 12.9. The highest BCUT2D eigenvalue weighted by molar-refractivity contribution is 6.42. The smallest absolute Gasteiger partial charge is 0.415 e. The lowest BCUT2D eigenvalue weighted by Gasteiger charge is -2.51. The van der Waals surface area contributed by atoms with Crippen molar-refractivity contribution in [2.45, 2.75) is 32.9 Å². The normalized spacial score (nSPS) is 20.3. The highest BCUT2D eigenvalue weighted by atomic mass is 35.5. The van der Waals surface area contributed by atoms with Crippen molar-refractivity contribution in [1.82, 2.24) is 9.80 Å².